The zero-order valence-corrected chi connectivity index (χ0v) is 26.7. The van der Waals surface area contributed by atoms with Crippen LogP contribution in [0.4, 0.5) is 0 Å². The molecule has 0 atom stereocenters. The fourth-order valence-corrected chi connectivity index (χ4v) is 6.58. The molecule has 5 aromatic heterocycles. The smallest absolute Gasteiger partial charge is 0.143 e. The lowest BCUT2D eigenvalue weighted by atomic mass is 10.0. The third kappa shape index (κ3) is 6.64. The van der Waals surface area contributed by atoms with Crippen molar-refractivity contribution < 1.29 is 0 Å². The summed E-state index contributed by atoms with van der Waals surface area (Å²) in [6.07, 6.45) is 20.8. The van der Waals surface area contributed by atoms with Crippen molar-refractivity contribution in [3.8, 4) is 0 Å². The van der Waals surface area contributed by atoms with E-state index in [1.165, 1.54) is 86.4 Å². The molecule has 44 heavy (non-hydrogen) atoms. The van der Waals surface area contributed by atoms with Gasteiger partial charge >= 0.3 is 0 Å². The zero-order chi connectivity index (χ0) is 30.3. The van der Waals surface area contributed by atoms with Crippen LogP contribution in [-0.2, 0) is 7.05 Å². The molecule has 1 aliphatic rings. The molecular weight excluding hydrogens is 540 g/mol. The van der Waals surface area contributed by atoms with E-state index < -0.39 is 0 Å². The summed E-state index contributed by atoms with van der Waals surface area (Å²) >= 11 is 0. The Bertz CT molecular complexity index is 1920. The molecular formula is C38H48N6. The maximum atomic E-state index is 4.81. The Labute approximate surface area is 260 Å². The van der Waals surface area contributed by atoms with E-state index in [-0.39, 0.29) is 0 Å². The number of imidazole rings is 1. The monoisotopic (exact) mass is 588 g/mol. The number of unbranched alkanes of at least 4 members (excludes halogenated alkanes) is 8. The molecule has 0 aromatic carbocycles. The van der Waals surface area contributed by atoms with Crippen LogP contribution < -0.4 is 21.4 Å². The molecule has 6 heteroatoms. The van der Waals surface area contributed by atoms with E-state index >= 15 is 0 Å². The van der Waals surface area contributed by atoms with Gasteiger partial charge in [-0.15, -0.1) is 0 Å². The molecule has 4 N–H and O–H groups in total. The number of rotatable bonds is 13. The van der Waals surface area contributed by atoms with E-state index in [4.69, 9.17) is 4.98 Å². The Morgan fingerprint density at radius 3 is 1.91 bits per heavy atom. The highest BCUT2D eigenvalue weighted by molar-refractivity contribution is 5.76. The second kappa shape index (κ2) is 14.1. The van der Waals surface area contributed by atoms with Gasteiger partial charge in [-0.05, 0) is 91.4 Å². The lowest BCUT2D eigenvalue weighted by molar-refractivity contribution is 0.639. The molecule has 6 rings (SSSR count). The van der Waals surface area contributed by atoms with E-state index in [1.54, 1.807) is 0 Å². The third-order valence-corrected chi connectivity index (χ3v) is 9.04. The number of aromatic nitrogens is 6. The van der Waals surface area contributed by atoms with Gasteiger partial charge in [0.1, 0.15) is 5.82 Å². The van der Waals surface area contributed by atoms with Gasteiger partial charge in [0.05, 0.1) is 16.6 Å². The predicted molar refractivity (Wildman–Crippen MR) is 182 cm³/mol. The summed E-state index contributed by atoms with van der Waals surface area (Å²) in [6, 6.07) is 17.8. The van der Waals surface area contributed by atoms with Crippen molar-refractivity contribution in [1.82, 2.24) is 29.5 Å². The van der Waals surface area contributed by atoms with Gasteiger partial charge < -0.3 is 24.5 Å². The van der Waals surface area contributed by atoms with Crippen molar-refractivity contribution in [2.75, 3.05) is 0 Å². The van der Waals surface area contributed by atoms with E-state index in [9.17, 15) is 0 Å². The summed E-state index contributed by atoms with van der Waals surface area (Å²) in [5.41, 5.74) is 8.27. The van der Waals surface area contributed by atoms with Crippen molar-refractivity contribution in [2.45, 2.75) is 90.9 Å². The van der Waals surface area contributed by atoms with Crippen LogP contribution in [0.2, 0.25) is 0 Å². The van der Waals surface area contributed by atoms with Gasteiger partial charge in [-0.1, -0.05) is 65.2 Å². The number of aromatic amines is 4. The second-order valence-electron chi connectivity index (χ2n) is 12.4. The van der Waals surface area contributed by atoms with Gasteiger partial charge in [0, 0.05) is 52.6 Å². The molecule has 0 unspecified atom stereocenters. The molecule has 1 aliphatic heterocycles. The van der Waals surface area contributed by atoms with Crippen LogP contribution in [-0.4, -0.2) is 29.5 Å². The molecule has 0 fully saturated rings. The minimum Gasteiger partial charge on any atom is -0.355 e. The number of aryl methyl sites for hydroxylation is 1. The summed E-state index contributed by atoms with van der Waals surface area (Å²) in [5, 5.41) is 4.52. The standard InChI is InChI=1S/C38H48N6/c1-4-6-8-10-12-14-29-31-18-16-27(40-31)26-28-17-19-32(41-28)30(15-13-11-9-7-5-2)34-21-23-36(43-34)37(35-22-20-33(29)42-35)38-39-24-25-44(38)3/h16-26,40-43H,4-15H2,1-3H3. The molecule has 230 valence electrons. The topological polar surface area (TPSA) is 81.0 Å². The van der Waals surface area contributed by atoms with Crippen LogP contribution in [0.1, 0.15) is 119 Å². The average molecular weight is 589 g/mol. The van der Waals surface area contributed by atoms with E-state index in [0.717, 1.165) is 57.4 Å². The lowest BCUT2D eigenvalue weighted by Crippen LogP contribution is -2.19. The van der Waals surface area contributed by atoms with Crippen LogP contribution in [0.3, 0.4) is 0 Å². The van der Waals surface area contributed by atoms with Gasteiger partial charge in [-0.25, -0.2) is 4.98 Å². The van der Waals surface area contributed by atoms with Gasteiger partial charge in [0.25, 0.3) is 0 Å². The van der Waals surface area contributed by atoms with Crippen LogP contribution >= 0.6 is 0 Å². The first-order valence-corrected chi connectivity index (χ1v) is 16.8. The summed E-state index contributed by atoms with van der Waals surface area (Å²) in [5.74, 6) is 0.939. The molecule has 0 spiro atoms. The van der Waals surface area contributed by atoms with Crippen LogP contribution in [0.15, 0.2) is 60.9 Å². The van der Waals surface area contributed by atoms with Gasteiger partial charge in [-0.3, -0.25) is 0 Å². The molecule has 0 aliphatic carbocycles. The van der Waals surface area contributed by atoms with Gasteiger partial charge in [0.2, 0.25) is 0 Å². The summed E-state index contributed by atoms with van der Waals surface area (Å²) in [4.78, 5) is 20.0. The van der Waals surface area contributed by atoms with Crippen LogP contribution in [0, 0.1) is 0 Å². The Kier molecular flexibility index (Phi) is 9.55. The first-order valence-electron chi connectivity index (χ1n) is 16.8. The first-order chi connectivity index (χ1) is 21.6. The average Bonchev–Trinajstić information content (AvgIpc) is 3.86. The summed E-state index contributed by atoms with van der Waals surface area (Å²) in [7, 11) is 2.07. The minimum absolute atomic E-state index is 0.939. The first kappa shape index (κ1) is 29.9. The third-order valence-electron chi connectivity index (χ3n) is 9.04. The second-order valence-corrected chi connectivity index (χ2v) is 12.4. The van der Waals surface area contributed by atoms with Crippen LogP contribution in [0.25, 0.3) is 22.8 Å². The molecule has 6 heterocycles. The summed E-state index contributed by atoms with van der Waals surface area (Å²) < 4.78 is 2.11. The van der Waals surface area contributed by atoms with Crippen molar-refractivity contribution in [3.05, 3.63) is 111 Å². The minimum atomic E-state index is 0.939. The van der Waals surface area contributed by atoms with E-state index in [1.807, 2.05) is 12.4 Å². The highest BCUT2D eigenvalue weighted by atomic mass is 15.0. The highest BCUT2D eigenvalue weighted by Crippen LogP contribution is 2.24. The van der Waals surface area contributed by atoms with E-state index in [0.29, 0.717) is 0 Å². The Morgan fingerprint density at radius 1 is 0.591 bits per heavy atom. The van der Waals surface area contributed by atoms with Crippen molar-refractivity contribution >= 4 is 22.8 Å². The van der Waals surface area contributed by atoms with E-state index in [2.05, 4.69) is 100 Å². The fraction of sp³-hybridized carbons (Fsp3) is 0.395. The Balaban J connectivity index is 1.53. The van der Waals surface area contributed by atoms with Crippen molar-refractivity contribution in [2.24, 2.45) is 7.05 Å². The number of nitrogens with one attached hydrogen (secondary N) is 4. The maximum Gasteiger partial charge on any atom is 0.143 e. The number of hydrogen-bond acceptors (Lipinski definition) is 1. The Morgan fingerprint density at radius 2 is 1.20 bits per heavy atom. The molecule has 0 saturated carbocycles. The molecule has 0 radical (unpaired) electrons. The molecule has 5 aromatic rings. The number of fused-ring (bicyclic) bond motifs is 8. The molecule has 0 amide bonds. The quantitative estimate of drug-likeness (QED) is 0.121. The SMILES string of the molecule is CCCCCCCC1=c2ccc([nH]2)=Cc2ccc([nH]2)C(CCCCCCC)=c2ccc([nH]2)=C(c2nccn2C)c2ccc1[nH]2. The van der Waals surface area contributed by atoms with Crippen LogP contribution in [0.5, 0.6) is 0 Å². The predicted octanol–water partition coefficient (Wildman–Crippen LogP) is 6.24. The fourth-order valence-electron chi connectivity index (χ4n) is 6.58. The summed E-state index contributed by atoms with van der Waals surface area (Å²) in [6.45, 7) is 4.55. The van der Waals surface area contributed by atoms with Crippen molar-refractivity contribution in [3.63, 3.8) is 0 Å². The Hall–Kier alpha value is -4.19. The number of H-pyrrole nitrogens is 4. The number of hydrogen-bond donors (Lipinski definition) is 4. The van der Waals surface area contributed by atoms with Crippen molar-refractivity contribution in [1.29, 1.82) is 0 Å². The molecule has 8 bridgehead atoms. The lowest BCUT2D eigenvalue weighted by Gasteiger charge is -2.08. The largest absolute Gasteiger partial charge is 0.355 e. The normalized spacial score (nSPS) is 13.1. The number of nitrogens with zero attached hydrogens (tertiary/aromatic N) is 2. The maximum absolute atomic E-state index is 4.81. The molecule has 6 nitrogen and oxygen atoms in total. The zero-order valence-electron chi connectivity index (χ0n) is 26.7. The van der Waals surface area contributed by atoms with Gasteiger partial charge in [-0.2, -0.15) is 0 Å². The van der Waals surface area contributed by atoms with Gasteiger partial charge in [0.15, 0.2) is 0 Å². The molecule has 0 saturated heterocycles. The highest BCUT2D eigenvalue weighted by Gasteiger charge is 2.17.